The van der Waals surface area contributed by atoms with Gasteiger partial charge in [0, 0.05) is 0 Å². The highest BCUT2D eigenvalue weighted by molar-refractivity contribution is 5.66. The zero-order chi connectivity index (χ0) is 12.1. The third-order valence-electron chi connectivity index (χ3n) is 2.76. The Bertz CT molecular complexity index is 483. The van der Waals surface area contributed by atoms with Gasteiger partial charge in [-0.15, -0.1) is 0 Å². The van der Waals surface area contributed by atoms with Crippen LogP contribution in [-0.2, 0) is 6.42 Å². The van der Waals surface area contributed by atoms with Crippen LogP contribution in [0.25, 0.3) is 5.57 Å². The van der Waals surface area contributed by atoms with Crippen molar-refractivity contribution in [3.63, 3.8) is 0 Å². The summed E-state index contributed by atoms with van der Waals surface area (Å²) in [7, 11) is 1.67. The maximum atomic E-state index is 5.14. The van der Waals surface area contributed by atoms with Crippen LogP contribution in [0.4, 0.5) is 0 Å². The van der Waals surface area contributed by atoms with Crippen molar-refractivity contribution in [1.82, 2.24) is 0 Å². The Morgan fingerprint density at radius 2 is 1.65 bits per heavy atom. The number of allylic oxidation sites excluding steroid dienone is 1. The molecule has 0 aliphatic carbocycles. The van der Waals surface area contributed by atoms with Crippen LogP contribution >= 0.6 is 0 Å². The first kappa shape index (κ1) is 11.5. The van der Waals surface area contributed by atoms with E-state index in [2.05, 4.69) is 30.8 Å². The monoisotopic (exact) mass is 224 g/mol. The molecule has 0 bridgehead atoms. The van der Waals surface area contributed by atoms with E-state index in [1.54, 1.807) is 7.11 Å². The summed E-state index contributed by atoms with van der Waals surface area (Å²) >= 11 is 0. The highest BCUT2D eigenvalue weighted by atomic mass is 16.5. The molecule has 0 spiro atoms. The second kappa shape index (κ2) is 5.35. The van der Waals surface area contributed by atoms with Gasteiger partial charge in [0.2, 0.25) is 0 Å². The van der Waals surface area contributed by atoms with Crippen molar-refractivity contribution >= 4 is 5.57 Å². The Morgan fingerprint density at radius 1 is 1.00 bits per heavy atom. The zero-order valence-electron chi connectivity index (χ0n) is 10.0. The minimum Gasteiger partial charge on any atom is -0.497 e. The van der Waals surface area contributed by atoms with E-state index in [0.717, 1.165) is 23.3 Å². The van der Waals surface area contributed by atoms with Gasteiger partial charge >= 0.3 is 0 Å². The van der Waals surface area contributed by atoms with Crippen LogP contribution in [-0.4, -0.2) is 7.11 Å². The summed E-state index contributed by atoms with van der Waals surface area (Å²) in [6.07, 6.45) is 0.882. The largest absolute Gasteiger partial charge is 0.497 e. The molecule has 0 aliphatic heterocycles. The van der Waals surface area contributed by atoms with Crippen LogP contribution in [0.15, 0.2) is 61.2 Å². The van der Waals surface area contributed by atoms with Crippen molar-refractivity contribution in [2.24, 2.45) is 0 Å². The van der Waals surface area contributed by atoms with Crippen molar-refractivity contribution in [1.29, 1.82) is 0 Å². The van der Waals surface area contributed by atoms with E-state index in [9.17, 15) is 0 Å². The fourth-order valence-electron chi connectivity index (χ4n) is 1.77. The van der Waals surface area contributed by atoms with E-state index in [1.165, 1.54) is 5.56 Å². The molecule has 0 amide bonds. The molecule has 0 unspecified atom stereocenters. The molecule has 2 aromatic carbocycles. The molecule has 2 aromatic rings. The van der Waals surface area contributed by atoms with Crippen molar-refractivity contribution in [3.05, 3.63) is 72.3 Å². The first-order valence-electron chi connectivity index (χ1n) is 5.66. The topological polar surface area (TPSA) is 9.23 Å². The van der Waals surface area contributed by atoms with Crippen LogP contribution in [0.3, 0.4) is 0 Å². The summed E-state index contributed by atoms with van der Waals surface area (Å²) in [5.41, 5.74) is 3.57. The maximum Gasteiger partial charge on any atom is 0.118 e. The van der Waals surface area contributed by atoms with Crippen molar-refractivity contribution in [3.8, 4) is 5.75 Å². The summed E-state index contributed by atoms with van der Waals surface area (Å²) in [6, 6.07) is 18.4. The summed E-state index contributed by atoms with van der Waals surface area (Å²) < 4.78 is 5.14. The van der Waals surface area contributed by atoms with Gasteiger partial charge < -0.3 is 4.74 Å². The molecule has 0 N–H and O–H groups in total. The molecular formula is C16H16O. The minimum absolute atomic E-state index is 0.876. The SMILES string of the molecule is C=C(Cc1ccccc1)c1ccc(OC)cc1. The standard InChI is InChI=1S/C16H16O/c1-13(12-14-6-4-3-5-7-14)15-8-10-16(17-2)11-9-15/h3-11H,1,12H2,2H3. The van der Waals surface area contributed by atoms with Crippen LogP contribution in [0.5, 0.6) is 5.75 Å². The number of ether oxygens (including phenoxy) is 1. The molecule has 0 aliphatic rings. The van der Waals surface area contributed by atoms with Gasteiger partial charge in [0.25, 0.3) is 0 Å². The molecule has 86 valence electrons. The molecule has 0 saturated heterocycles. The van der Waals surface area contributed by atoms with Gasteiger partial charge in [-0.2, -0.15) is 0 Å². The second-order valence-electron chi connectivity index (χ2n) is 3.99. The molecule has 2 rings (SSSR count). The summed E-state index contributed by atoms with van der Waals surface area (Å²) in [5, 5.41) is 0. The normalized spacial score (nSPS) is 9.94. The zero-order valence-corrected chi connectivity index (χ0v) is 10.0. The quantitative estimate of drug-likeness (QED) is 0.764. The van der Waals surface area contributed by atoms with Crippen molar-refractivity contribution in [2.45, 2.75) is 6.42 Å². The summed E-state index contributed by atoms with van der Waals surface area (Å²) in [5.74, 6) is 0.876. The number of methoxy groups -OCH3 is 1. The van der Waals surface area contributed by atoms with Gasteiger partial charge in [-0.1, -0.05) is 49.0 Å². The van der Waals surface area contributed by atoms with Crippen LogP contribution in [0.2, 0.25) is 0 Å². The summed E-state index contributed by atoms with van der Waals surface area (Å²) in [6.45, 7) is 4.13. The van der Waals surface area contributed by atoms with Crippen LogP contribution < -0.4 is 4.74 Å². The predicted octanol–water partition coefficient (Wildman–Crippen LogP) is 3.95. The molecule has 0 aromatic heterocycles. The number of benzene rings is 2. The smallest absolute Gasteiger partial charge is 0.118 e. The van der Waals surface area contributed by atoms with Gasteiger partial charge in [-0.3, -0.25) is 0 Å². The molecular weight excluding hydrogens is 208 g/mol. The predicted molar refractivity (Wildman–Crippen MR) is 72.2 cm³/mol. The average Bonchev–Trinajstić information content (AvgIpc) is 2.40. The van der Waals surface area contributed by atoms with E-state index in [0.29, 0.717) is 0 Å². The third kappa shape index (κ3) is 2.97. The van der Waals surface area contributed by atoms with Gasteiger partial charge in [0.1, 0.15) is 5.75 Å². The Morgan fingerprint density at radius 3 is 2.24 bits per heavy atom. The fraction of sp³-hybridized carbons (Fsp3) is 0.125. The Balaban J connectivity index is 2.09. The maximum absolute atomic E-state index is 5.14. The second-order valence-corrected chi connectivity index (χ2v) is 3.99. The Kier molecular flexibility index (Phi) is 3.61. The highest BCUT2D eigenvalue weighted by Crippen LogP contribution is 2.20. The van der Waals surface area contributed by atoms with E-state index in [1.807, 2.05) is 30.3 Å². The Labute approximate surface area is 102 Å². The van der Waals surface area contributed by atoms with Crippen molar-refractivity contribution in [2.75, 3.05) is 7.11 Å². The fourth-order valence-corrected chi connectivity index (χ4v) is 1.77. The molecule has 0 heterocycles. The molecule has 0 saturated carbocycles. The lowest BCUT2D eigenvalue weighted by Gasteiger charge is -2.07. The molecule has 0 atom stereocenters. The van der Waals surface area contributed by atoms with E-state index >= 15 is 0 Å². The lowest BCUT2D eigenvalue weighted by atomic mass is 10.00. The number of hydrogen-bond donors (Lipinski definition) is 0. The average molecular weight is 224 g/mol. The third-order valence-corrected chi connectivity index (χ3v) is 2.76. The molecule has 1 nitrogen and oxygen atoms in total. The van der Waals surface area contributed by atoms with E-state index in [-0.39, 0.29) is 0 Å². The minimum atomic E-state index is 0.876. The van der Waals surface area contributed by atoms with Gasteiger partial charge in [0.05, 0.1) is 7.11 Å². The lowest BCUT2D eigenvalue weighted by molar-refractivity contribution is 0.415. The van der Waals surface area contributed by atoms with E-state index in [4.69, 9.17) is 4.74 Å². The number of rotatable bonds is 4. The van der Waals surface area contributed by atoms with Crippen molar-refractivity contribution < 1.29 is 4.74 Å². The van der Waals surface area contributed by atoms with Gasteiger partial charge in [-0.25, -0.2) is 0 Å². The van der Waals surface area contributed by atoms with Gasteiger partial charge in [0.15, 0.2) is 0 Å². The molecule has 1 heteroatoms. The first-order chi connectivity index (χ1) is 8.29. The Hall–Kier alpha value is -2.02. The molecule has 0 fully saturated rings. The summed E-state index contributed by atoms with van der Waals surface area (Å²) in [4.78, 5) is 0. The highest BCUT2D eigenvalue weighted by Gasteiger charge is 2.00. The van der Waals surface area contributed by atoms with Crippen LogP contribution in [0, 0.1) is 0 Å². The first-order valence-corrected chi connectivity index (χ1v) is 5.66. The number of hydrogen-bond acceptors (Lipinski definition) is 1. The molecule has 17 heavy (non-hydrogen) atoms. The lowest BCUT2D eigenvalue weighted by Crippen LogP contribution is -1.89. The van der Waals surface area contributed by atoms with Crippen LogP contribution in [0.1, 0.15) is 11.1 Å². The van der Waals surface area contributed by atoms with E-state index < -0.39 is 0 Å². The molecule has 0 radical (unpaired) electrons. The van der Waals surface area contributed by atoms with Gasteiger partial charge in [-0.05, 0) is 35.3 Å².